The molecule has 24 heavy (non-hydrogen) atoms. The number of rotatable bonds is 6. The van der Waals surface area contributed by atoms with Crippen molar-refractivity contribution in [2.24, 2.45) is 5.92 Å². The Morgan fingerprint density at radius 1 is 1.04 bits per heavy atom. The second-order valence-electron chi connectivity index (χ2n) is 6.40. The van der Waals surface area contributed by atoms with Gasteiger partial charge in [0.05, 0.1) is 4.90 Å². The Kier molecular flexibility index (Phi) is 5.78. The van der Waals surface area contributed by atoms with Gasteiger partial charge in [0.15, 0.2) is 9.84 Å². The predicted molar refractivity (Wildman–Crippen MR) is 96.0 cm³/mol. The highest BCUT2D eigenvalue weighted by molar-refractivity contribution is 7.90. The first-order valence-electron chi connectivity index (χ1n) is 7.92. The van der Waals surface area contributed by atoms with Crippen LogP contribution in [0.1, 0.15) is 35.3 Å². The van der Waals surface area contributed by atoms with Crippen molar-refractivity contribution in [2.45, 2.75) is 25.2 Å². The van der Waals surface area contributed by atoms with Crippen molar-refractivity contribution in [3.8, 4) is 0 Å². The zero-order valence-electron chi connectivity index (χ0n) is 14.2. The first kappa shape index (κ1) is 18.2. The zero-order chi connectivity index (χ0) is 17.7. The molecule has 0 aromatic heterocycles. The lowest BCUT2D eigenvalue weighted by molar-refractivity contribution is 0.0949. The summed E-state index contributed by atoms with van der Waals surface area (Å²) in [7, 11) is -3.20. The van der Waals surface area contributed by atoms with Gasteiger partial charge in [0.1, 0.15) is 0 Å². The molecule has 2 aromatic carbocycles. The van der Waals surface area contributed by atoms with E-state index < -0.39 is 9.84 Å². The van der Waals surface area contributed by atoms with Crippen molar-refractivity contribution in [3.63, 3.8) is 0 Å². The minimum Gasteiger partial charge on any atom is -0.352 e. The number of sulfone groups is 1. The summed E-state index contributed by atoms with van der Waals surface area (Å²) in [6.07, 6.45) is 1.83. The lowest BCUT2D eigenvalue weighted by Crippen LogP contribution is -2.27. The molecule has 1 N–H and O–H groups in total. The second-order valence-corrected chi connectivity index (χ2v) is 8.41. The van der Waals surface area contributed by atoms with Crippen molar-refractivity contribution < 1.29 is 13.2 Å². The second kappa shape index (κ2) is 7.62. The van der Waals surface area contributed by atoms with Crippen molar-refractivity contribution in [2.75, 3.05) is 12.8 Å². The number of nitrogens with one attached hydrogen (secondary N) is 1. The number of hydrogen-bond donors (Lipinski definition) is 1. The Morgan fingerprint density at radius 2 is 1.71 bits per heavy atom. The van der Waals surface area contributed by atoms with E-state index in [1.54, 1.807) is 30.3 Å². The topological polar surface area (TPSA) is 63.2 Å². The molecule has 2 aromatic rings. The van der Waals surface area contributed by atoms with Crippen LogP contribution in [0.4, 0.5) is 0 Å². The molecule has 0 bridgehead atoms. The standard InChI is InChI=1S/C19H23NO3S/c1-14(2)13-20-19(21)17-9-7-15(8-10-17)11-16-5-4-6-18(12-16)24(3,22)23/h4-10,12,14H,11,13H2,1-3H3,(H,20,21). The SMILES string of the molecule is CC(C)CNC(=O)c1ccc(Cc2cccc(S(C)(=O)=O)c2)cc1. The van der Waals surface area contributed by atoms with E-state index in [9.17, 15) is 13.2 Å². The molecule has 0 aliphatic heterocycles. The van der Waals surface area contributed by atoms with Crippen LogP contribution in [0, 0.1) is 5.92 Å². The van der Waals surface area contributed by atoms with Gasteiger partial charge in [-0.05, 0) is 47.7 Å². The first-order chi connectivity index (χ1) is 11.3. The Bertz CT molecular complexity index is 809. The van der Waals surface area contributed by atoms with Gasteiger partial charge in [-0.2, -0.15) is 0 Å². The van der Waals surface area contributed by atoms with Crippen LogP contribution in [0.3, 0.4) is 0 Å². The molecule has 0 spiro atoms. The summed E-state index contributed by atoms with van der Waals surface area (Å²) >= 11 is 0. The fourth-order valence-electron chi connectivity index (χ4n) is 2.29. The molecular weight excluding hydrogens is 322 g/mol. The monoisotopic (exact) mass is 345 g/mol. The van der Waals surface area contributed by atoms with E-state index in [0.717, 1.165) is 11.1 Å². The minimum absolute atomic E-state index is 0.0747. The van der Waals surface area contributed by atoms with Gasteiger partial charge in [-0.3, -0.25) is 4.79 Å². The molecule has 0 aliphatic rings. The largest absolute Gasteiger partial charge is 0.352 e. The van der Waals surface area contributed by atoms with Gasteiger partial charge in [0, 0.05) is 18.4 Å². The molecule has 4 nitrogen and oxygen atoms in total. The van der Waals surface area contributed by atoms with Crippen molar-refractivity contribution in [1.82, 2.24) is 5.32 Å². The summed E-state index contributed by atoms with van der Waals surface area (Å²) in [5.74, 6) is 0.338. The average Bonchev–Trinajstić information content (AvgIpc) is 2.53. The van der Waals surface area contributed by atoms with E-state index in [4.69, 9.17) is 0 Å². The maximum absolute atomic E-state index is 12.0. The van der Waals surface area contributed by atoms with Crippen molar-refractivity contribution >= 4 is 15.7 Å². The molecule has 0 aliphatic carbocycles. The molecule has 0 unspecified atom stereocenters. The Balaban J connectivity index is 2.08. The first-order valence-corrected chi connectivity index (χ1v) is 9.81. The number of hydrogen-bond acceptors (Lipinski definition) is 3. The quantitative estimate of drug-likeness (QED) is 0.875. The molecule has 0 radical (unpaired) electrons. The van der Waals surface area contributed by atoms with E-state index in [1.165, 1.54) is 6.26 Å². The van der Waals surface area contributed by atoms with Crippen LogP contribution in [0.15, 0.2) is 53.4 Å². The van der Waals surface area contributed by atoms with E-state index in [2.05, 4.69) is 5.32 Å². The van der Waals surface area contributed by atoms with Crippen molar-refractivity contribution in [1.29, 1.82) is 0 Å². The van der Waals surface area contributed by atoms with Gasteiger partial charge >= 0.3 is 0 Å². The summed E-state index contributed by atoms with van der Waals surface area (Å²) in [4.78, 5) is 12.3. The van der Waals surface area contributed by atoms with E-state index in [1.807, 2.05) is 32.0 Å². The van der Waals surface area contributed by atoms with Gasteiger partial charge in [-0.25, -0.2) is 8.42 Å². The smallest absolute Gasteiger partial charge is 0.251 e. The van der Waals surface area contributed by atoms with E-state index >= 15 is 0 Å². The van der Waals surface area contributed by atoms with Crippen LogP contribution in [-0.2, 0) is 16.3 Å². The average molecular weight is 345 g/mol. The fraction of sp³-hybridized carbons (Fsp3) is 0.316. The number of benzene rings is 2. The molecule has 0 saturated carbocycles. The summed E-state index contributed by atoms with van der Waals surface area (Å²) in [5, 5.41) is 2.89. The third-order valence-corrected chi connectivity index (χ3v) is 4.73. The highest BCUT2D eigenvalue weighted by Crippen LogP contribution is 2.15. The predicted octanol–water partition coefficient (Wildman–Crippen LogP) is 3.07. The molecule has 0 heterocycles. The van der Waals surface area contributed by atoms with E-state index in [-0.39, 0.29) is 5.91 Å². The molecule has 1 amide bonds. The third-order valence-electron chi connectivity index (χ3n) is 3.62. The summed E-state index contributed by atoms with van der Waals surface area (Å²) in [6.45, 7) is 4.75. The van der Waals surface area contributed by atoms with Gasteiger partial charge in [-0.15, -0.1) is 0 Å². The Labute approximate surface area is 143 Å². The number of carbonyl (C=O) groups excluding carboxylic acids is 1. The van der Waals surface area contributed by atoms with Crippen molar-refractivity contribution in [3.05, 3.63) is 65.2 Å². The molecule has 0 saturated heterocycles. The maximum Gasteiger partial charge on any atom is 0.251 e. The molecular formula is C19H23NO3S. The summed E-state index contributed by atoms with van der Waals surface area (Å²) in [5.41, 5.74) is 2.58. The van der Waals surface area contributed by atoms with Gasteiger partial charge in [0.2, 0.25) is 0 Å². The van der Waals surface area contributed by atoms with E-state index in [0.29, 0.717) is 29.3 Å². The minimum atomic E-state index is -3.20. The lowest BCUT2D eigenvalue weighted by atomic mass is 10.0. The summed E-state index contributed by atoms with van der Waals surface area (Å²) < 4.78 is 23.2. The lowest BCUT2D eigenvalue weighted by Gasteiger charge is -2.08. The van der Waals surface area contributed by atoms with Crippen LogP contribution >= 0.6 is 0 Å². The highest BCUT2D eigenvalue weighted by atomic mass is 32.2. The Morgan fingerprint density at radius 3 is 2.29 bits per heavy atom. The van der Waals surface area contributed by atoms with Gasteiger partial charge in [0.25, 0.3) is 5.91 Å². The molecule has 0 fully saturated rings. The Hall–Kier alpha value is -2.14. The van der Waals surface area contributed by atoms with Crippen LogP contribution in [0.2, 0.25) is 0 Å². The van der Waals surface area contributed by atoms with Crippen LogP contribution in [0.25, 0.3) is 0 Å². The molecule has 128 valence electrons. The number of amides is 1. The molecule has 0 atom stereocenters. The van der Waals surface area contributed by atoms with Gasteiger partial charge in [-0.1, -0.05) is 38.1 Å². The maximum atomic E-state index is 12.0. The summed E-state index contributed by atoms with van der Waals surface area (Å²) in [6, 6.07) is 14.3. The van der Waals surface area contributed by atoms with Crippen LogP contribution in [0.5, 0.6) is 0 Å². The van der Waals surface area contributed by atoms with Gasteiger partial charge < -0.3 is 5.32 Å². The molecule has 5 heteroatoms. The highest BCUT2D eigenvalue weighted by Gasteiger charge is 2.09. The normalized spacial score (nSPS) is 11.5. The number of carbonyl (C=O) groups is 1. The molecule has 2 rings (SSSR count). The third kappa shape index (κ3) is 5.20. The zero-order valence-corrected chi connectivity index (χ0v) is 15.1. The van der Waals surface area contributed by atoms with Crippen LogP contribution in [-0.4, -0.2) is 27.1 Å². The fourth-order valence-corrected chi connectivity index (χ4v) is 2.99. The van der Waals surface area contributed by atoms with Crippen LogP contribution < -0.4 is 5.32 Å².